The molecule has 0 aliphatic heterocycles. The van der Waals surface area contributed by atoms with Crippen molar-refractivity contribution >= 4 is 0 Å². The summed E-state index contributed by atoms with van der Waals surface area (Å²) in [6.07, 6.45) is 5.19. The number of unbranched alkanes of at least 4 members (excludes halogenated alkanes) is 1. The molecule has 0 amide bonds. The van der Waals surface area contributed by atoms with E-state index in [2.05, 4.69) is 24.1 Å². The van der Waals surface area contributed by atoms with Gasteiger partial charge in [-0.2, -0.15) is 0 Å². The number of methoxy groups -OCH3 is 1. The molecule has 1 aliphatic carbocycles. The van der Waals surface area contributed by atoms with Crippen LogP contribution < -0.4 is 5.32 Å². The maximum Gasteiger partial charge on any atom is 0.0590 e. The Kier molecular flexibility index (Phi) is 10.3. The zero-order valence-corrected chi connectivity index (χ0v) is 13.7. The van der Waals surface area contributed by atoms with Crippen molar-refractivity contribution in [1.82, 2.24) is 10.2 Å². The normalized spacial score (nSPS) is 16.8. The molecule has 0 aromatic carbocycles. The second-order valence-electron chi connectivity index (χ2n) is 5.82. The van der Waals surface area contributed by atoms with Crippen molar-refractivity contribution in [1.29, 1.82) is 0 Å². The molecule has 1 rings (SSSR count). The van der Waals surface area contributed by atoms with Crippen LogP contribution in [-0.4, -0.2) is 64.1 Å². The van der Waals surface area contributed by atoms with Crippen LogP contribution in [0, 0.1) is 5.92 Å². The summed E-state index contributed by atoms with van der Waals surface area (Å²) >= 11 is 0. The molecule has 0 aromatic rings. The minimum atomic E-state index is 0.702. The fraction of sp³-hybridized carbons (Fsp3) is 1.00. The molecule has 1 saturated carbocycles. The first-order chi connectivity index (χ1) is 9.79. The first-order valence-corrected chi connectivity index (χ1v) is 8.31. The molecule has 0 bridgehead atoms. The van der Waals surface area contributed by atoms with Crippen molar-refractivity contribution in [3.63, 3.8) is 0 Å². The van der Waals surface area contributed by atoms with Gasteiger partial charge in [-0.25, -0.2) is 0 Å². The second-order valence-corrected chi connectivity index (χ2v) is 5.82. The van der Waals surface area contributed by atoms with Crippen molar-refractivity contribution in [2.75, 3.05) is 53.1 Å². The van der Waals surface area contributed by atoms with Gasteiger partial charge in [0.1, 0.15) is 0 Å². The summed E-state index contributed by atoms with van der Waals surface area (Å²) in [7, 11) is 1.78. The molecule has 1 fully saturated rings. The van der Waals surface area contributed by atoms with E-state index in [0.717, 1.165) is 51.9 Å². The van der Waals surface area contributed by atoms with Gasteiger partial charge in [-0.05, 0) is 32.1 Å². The van der Waals surface area contributed by atoms with Gasteiger partial charge in [0.15, 0.2) is 0 Å². The third kappa shape index (κ3) is 8.20. The van der Waals surface area contributed by atoms with E-state index in [0.29, 0.717) is 6.04 Å². The Morgan fingerprint density at radius 3 is 2.60 bits per heavy atom. The van der Waals surface area contributed by atoms with Crippen molar-refractivity contribution < 1.29 is 9.47 Å². The van der Waals surface area contributed by atoms with Gasteiger partial charge in [0.05, 0.1) is 13.2 Å². The van der Waals surface area contributed by atoms with E-state index in [1.165, 1.54) is 25.7 Å². The van der Waals surface area contributed by atoms with Gasteiger partial charge in [0, 0.05) is 45.9 Å². The highest BCUT2D eigenvalue weighted by molar-refractivity contribution is 4.85. The summed E-state index contributed by atoms with van der Waals surface area (Å²) in [4.78, 5) is 2.56. The largest absolute Gasteiger partial charge is 0.383 e. The maximum absolute atomic E-state index is 5.55. The summed E-state index contributed by atoms with van der Waals surface area (Å²) < 4.78 is 10.8. The molecule has 20 heavy (non-hydrogen) atoms. The number of nitrogens with one attached hydrogen (secondary N) is 1. The second kappa shape index (κ2) is 11.5. The third-order valence-electron chi connectivity index (χ3n) is 4.10. The van der Waals surface area contributed by atoms with Gasteiger partial charge in [-0.1, -0.05) is 13.3 Å². The van der Waals surface area contributed by atoms with Gasteiger partial charge >= 0.3 is 0 Å². The Hall–Kier alpha value is -0.160. The van der Waals surface area contributed by atoms with Gasteiger partial charge in [0.25, 0.3) is 0 Å². The third-order valence-corrected chi connectivity index (χ3v) is 4.10. The Balaban J connectivity index is 2.02. The highest BCUT2D eigenvalue weighted by Gasteiger charge is 2.31. The quantitative estimate of drug-likeness (QED) is 0.496. The van der Waals surface area contributed by atoms with Gasteiger partial charge < -0.3 is 14.8 Å². The molecule has 0 saturated heterocycles. The van der Waals surface area contributed by atoms with Crippen molar-refractivity contribution in [2.45, 2.75) is 45.6 Å². The lowest BCUT2D eigenvalue weighted by Gasteiger charge is -2.29. The fourth-order valence-electron chi connectivity index (χ4n) is 2.44. The zero-order chi connectivity index (χ0) is 14.6. The fourth-order valence-corrected chi connectivity index (χ4v) is 2.44. The van der Waals surface area contributed by atoms with Gasteiger partial charge in [-0.15, -0.1) is 0 Å². The van der Waals surface area contributed by atoms with E-state index >= 15 is 0 Å². The van der Waals surface area contributed by atoms with Crippen molar-refractivity contribution in [2.24, 2.45) is 5.92 Å². The van der Waals surface area contributed by atoms with Crippen LogP contribution in [0.3, 0.4) is 0 Å². The van der Waals surface area contributed by atoms with Crippen LogP contribution in [0.25, 0.3) is 0 Å². The molecule has 4 heteroatoms. The van der Waals surface area contributed by atoms with E-state index in [1.54, 1.807) is 7.11 Å². The molecule has 1 aliphatic rings. The highest BCUT2D eigenvalue weighted by atomic mass is 16.5. The standard InChI is InChI=1S/C16H34N2O2/c1-4-5-12-20-13-9-17-8-10-18(11-14-19-3)15(2)16-6-7-16/h15-17H,4-14H2,1-3H3. The molecule has 1 atom stereocenters. The number of hydrogen-bond acceptors (Lipinski definition) is 4. The minimum Gasteiger partial charge on any atom is -0.383 e. The summed E-state index contributed by atoms with van der Waals surface area (Å²) in [5, 5.41) is 3.48. The SMILES string of the molecule is CCCCOCCNCCN(CCOC)C(C)C1CC1. The van der Waals surface area contributed by atoms with Crippen LogP contribution in [0.15, 0.2) is 0 Å². The summed E-state index contributed by atoms with van der Waals surface area (Å²) in [6.45, 7) is 11.3. The van der Waals surface area contributed by atoms with Crippen LogP contribution in [0.1, 0.15) is 39.5 Å². The maximum atomic E-state index is 5.55. The first kappa shape index (κ1) is 17.9. The predicted octanol–water partition coefficient (Wildman–Crippen LogP) is 2.14. The average molecular weight is 286 g/mol. The lowest BCUT2D eigenvalue weighted by Crippen LogP contribution is -2.41. The van der Waals surface area contributed by atoms with E-state index in [1.807, 2.05) is 0 Å². The van der Waals surface area contributed by atoms with E-state index in [-0.39, 0.29) is 0 Å². The van der Waals surface area contributed by atoms with Crippen LogP contribution in [0.5, 0.6) is 0 Å². The highest BCUT2D eigenvalue weighted by Crippen LogP contribution is 2.34. The lowest BCUT2D eigenvalue weighted by atomic mass is 10.2. The van der Waals surface area contributed by atoms with E-state index in [9.17, 15) is 0 Å². The van der Waals surface area contributed by atoms with E-state index in [4.69, 9.17) is 9.47 Å². The number of rotatable bonds is 14. The first-order valence-electron chi connectivity index (χ1n) is 8.31. The van der Waals surface area contributed by atoms with Crippen LogP contribution in [0.4, 0.5) is 0 Å². The molecule has 1 unspecified atom stereocenters. The predicted molar refractivity (Wildman–Crippen MR) is 84.2 cm³/mol. The number of nitrogens with zero attached hydrogens (tertiary/aromatic N) is 1. The Labute approximate surface area is 125 Å². The number of hydrogen-bond donors (Lipinski definition) is 1. The Bertz CT molecular complexity index is 223. The molecule has 0 spiro atoms. The van der Waals surface area contributed by atoms with Crippen LogP contribution >= 0.6 is 0 Å². The van der Waals surface area contributed by atoms with E-state index < -0.39 is 0 Å². The van der Waals surface area contributed by atoms with Crippen molar-refractivity contribution in [3.8, 4) is 0 Å². The average Bonchev–Trinajstić information content (AvgIpc) is 3.29. The summed E-state index contributed by atoms with van der Waals surface area (Å²) in [5.41, 5.74) is 0. The molecule has 1 N–H and O–H groups in total. The van der Waals surface area contributed by atoms with Gasteiger partial charge in [0.2, 0.25) is 0 Å². The molecule has 4 nitrogen and oxygen atoms in total. The lowest BCUT2D eigenvalue weighted by molar-refractivity contribution is 0.113. The number of ether oxygens (including phenoxy) is 2. The molecule has 0 aromatic heterocycles. The smallest absolute Gasteiger partial charge is 0.0590 e. The molecular formula is C16H34N2O2. The van der Waals surface area contributed by atoms with Gasteiger partial charge in [-0.3, -0.25) is 4.90 Å². The molecule has 0 heterocycles. The zero-order valence-electron chi connectivity index (χ0n) is 13.7. The van der Waals surface area contributed by atoms with Crippen molar-refractivity contribution in [3.05, 3.63) is 0 Å². The minimum absolute atomic E-state index is 0.702. The Morgan fingerprint density at radius 2 is 1.95 bits per heavy atom. The van der Waals surface area contributed by atoms with Crippen LogP contribution in [-0.2, 0) is 9.47 Å². The Morgan fingerprint density at radius 1 is 1.15 bits per heavy atom. The monoisotopic (exact) mass is 286 g/mol. The summed E-state index contributed by atoms with van der Waals surface area (Å²) in [6, 6.07) is 0.702. The molecular weight excluding hydrogens is 252 g/mol. The summed E-state index contributed by atoms with van der Waals surface area (Å²) in [5.74, 6) is 0.921. The van der Waals surface area contributed by atoms with Crippen LogP contribution in [0.2, 0.25) is 0 Å². The molecule has 120 valence electrons. The topological polar surface area (TPSA) is 33.7 Å². The molecule has 0 radical (unpaired) electrons.